The molecular weight excluding hydrogens is 447 g/mol. The van der Waals surface area contributed by atoms with E-state index in [-0.39, 0.29) is 13.2 Å². The molecule has 0 bridgehead atoms. The molecule has 3 rings (SSSR count). The first-order valence-electron chi connectivity index (χ1n) is 10.1. The molecule has 2 aromatic rings. The highest BCUT2D eigenvalue weighted by Gasteiger charge is 2.32. The van der Waals surface area contributed by atoms with Gasteiger partial charge < -0.3 is 20.1 Å². The molecule has 0 spiro atoms. The van der Waals surface area contributed by atoms with Gasteiger partial charge in [-0.05, 0) is 49.8 Å². The molecule has 0 aliphatic carbocycles. The fourth-order valence-corrected chi connectivity index (χ4v) is 3.47. The summed E-state index contributed by atoms with van der Waals surface area (Å²) in [5.41, 5.74) is 4.38. The van der Waals surface area contributed by atoms with Gasteiger partial charge in [0.1, 0.15) is 11.6 Å². The van der Waals surface area contributed by atoms with Gasteiger partial charge in [-0.25, -0.2) is 14.6 Å². The maximum Gasteiger partial charge on any atom is 0.338 e. The Morgan fingerprint density at radius 3 is 2.79 bits per heavy atom. The fourth-order valence-electron chi connectivity index (χ4n) is 3.20. The number of nitrogens with zero attached hydrogens (tertiary/aromatic N) is 1. The molecule has 0 radical (unpaired) electrons. The van der Waals surface area contributed by atoms with Crippen molar-refractivity contribution in [1.29, 1.82) is 0 Å². The van der Waals surface area contributed by atoms with E-state index in [0.717, 1.165) is 0 Å². The molecule has 0 saturated heterocycles. The zero-order chi connectivity index (χ0) is 23.8. The van der Waals surface area contributed by atoms with Gasteiger partial charge in [0.05, 0.1) is 24.4 Å². The van der Waals surface area contributed by atoms with E-state index in [9.17, 15) is 14.0 Å². The smallest absolute Gasteiger partial charge is 0.338 e. The topological polar surface area (TPSA) is 101 Å². The van der Waals surface area contributed by atoms with Crippen LogP contribution < -0.4 is 20.8 Å². The normalized spacial score (nSPS) is 15.6. The summed E-state index contributed by atoms with van der Waals surface area (Å²) >= 11 is 5.26. The summed E-state index contributed by atoms with van der Waals surface area (Å²) in [6, 6.07) is 12.2. The first kappa shape index (κ1) is 23.9. The maximum atomic E-state index is 13.2. The lowest BCUT2D eigenvalue weighted by Crippen LogP contribution is -2.45. The van der Waals surface area contributed by atoms with Crippen molar-refractivity contribution in [3.8, 4) is 5.75 Å². The number of ether oxygens (including phenoxy) is 2. The summed E-state index contributed by atoms with van der Waals surface area (Å²) in [5, 5.41) is 10.2. The number of allylic oxidation sites excluding steroid dienone is 1. The lowest BCUT2D eigenvalue weighted by molar-refractivity contribution is -0.139. The van der Waals surface area contributed by atoms with E-state index in [4.69, 9.17) is 21.7 Å². The second-order valence-corrected chi connectivity index (χ2v) is 7.37. The third-order valence-electron chi connectivity index (χ3n) is 4.60. The summed E-state index contributed by atoms with van der Waals surface area (Å²) in [4.78, 5) is 24.8. The number of nitrogens with one attached hydrogen (secondary N) is 3. The van der Waals surface area contributed by atoms with E-state index in [2.05, 4.69) is 21.2 Å². The predicted molar refractivity (Wildman–Crippen MR) is 125 cm³/mol. The van der Waals surface area contributed by atoms with E-state index in [1.54, 1.807) is 50.2 Å². The second-order valence-electron chi connectivity index (χ2n) is 6.97. The van der Waals surface area contributed by atoms with Crippen LogP contribution >= 0.6 is 12.2 Å². The van der Waals surface area contributed by atoms with Crippen LogP contribution in [0.4, 0.5) is 4.39 Å². The van der Waals surface area contributed by atoms with Crippen LogP contribution in [0, 0.1) is 5.82 Å². The maximum absolute atomic E-state index is 13.2. The predicted octanol–water partition coefficient (Wildman–Crippen LogP) is 2.71. The zero-order valence-electron chi connectivity index (χ0n) is 18.1. The number of carbonyl (C=O) groups is 2. The van der Waals surface area contributed by atoms with Crippen LogP contribution in [0.15, 0.2) is 64.9 Å². The molecule has 0 unspecified atom stereocenters. The SMILES string of the molecule is CCOC(=O)C1=C(C)NC(=S)N[C@@H]1c1ccccc1OCC(=O)NN=Cc1cccc(F)c1. The first-order chi connectivity index (χ1) is 15.9. The molecule has 33 heavy (non-hydrogen) atoms. The van der Waals surface area contributed by atoms with Crippen molar-refractivity contribution in [2.24, 2.45) is 5.10 Å². The first-order valence-corrected chi connectivity index (χ1v) is 10.5. The number of benzene rings is 2. The lowest BCUT2D eigenvalue weighted by Gasteiger charge is -2.30. The number of hydrazone groups is 1. The number of thiocarbonyl (C=S) groups is 1. The molecule has 10 heteroatoms. The van der Waals surface area contributed by atoms with E-state index in [1.807, 2.05) is 0 Å². The Kier molecular flexibility index (Phi) is 8.09. The van der Waals surface area contributed by atoms with Crippen molar-refractivity contribution in [1.82, 2.24) is 16.1 Å². The van der Waals surface area contributed by atoms with Gasteiger partial charge in [0.15, 0.2) is 11.7 Å². The Balaban J connectivity index is 1.72. The molecule has 8 nitrogen and oxygen atoms in total. The Morgan fingerprint density at radius 1 is 1.24 bits per heavy atom. The van der Waals surface area contributed by atoms with Crippen LogP contribution in [0.25, 0.3) is 0 Å². The third-order valence-corrected chi connectivity index (χ3v) is 4.82. The average molecular weight is 471 g/mol. The largest absolute Gasteiger partial charge is 0.483 e. The van der Waals surface area contributed by atoms with Crippen molar-refractivity contribution < 1.29 is 23.5 Å². The second kappa shape index (κ2) is 11.2. The molecule has 172 valence electrons. The molecule has 0 fully saturated rings. The number of carbonyl (C=O) groups excluding carboxylic acids is 2. The quantitative estimate of drug-likeness (QED) is 0.236. The van der Waals surface area contributed by atoms with Gasteiger partial charge in [-0.15, -0.1) is 0 Å². The summed E-state index contributed by atoms with van der Waals surface area (Å²) in [7, 11) is 0. The number of halogens is 1. The van der Waals surface area contributed by atoms with Crippen LogP contribution in [-0.4, -0.2) is 36.4 Å². The number of hydrogen-bond donors (Lipinski definition) is 3. The fraction of sp³-hybridized carbons (Fsp3) is 0.217. The number of rotatable bonds is 8. The van der Waals surface area contributed by atoms with Gasteiger partial charge >= 0.3 is 5.97 Å². The Hall–Kier alpha value is -3.79. The molecule has 0 saturated carbocycles. The summed E-state index contributed by atoms with van der Waals surface area (Å²) in [6.45, 7) is 3.36. The minimum atomic E-state index is -0.622. The van der Waals surface area contributed by atoms with Crippen molar-refractivity contribution in [2.75, 3.05) is 13.2 Å². The molecule has 0 aromatic heterocycles. The number of amides is 1. The van der Waals surface area contributed by atoms with Gasteiger partial charge in [0.25, 0.3) is 5.91 Å². The monoisotopic (exact) mass is 470 g/mol. The van der Waals surface area contributed by atoms with E-state index in [1.165, 1.54) is 18.3 Å². The zero-order valence-corrected chi connectivity index (χ0v) is 18.9. The van der Waals surface area contributed by atoms with Crippen LogP contribution in [0.1, 0.15) is 31.0 Å². The molecular formula is C23H23FN4O4S. The number of hydrogen-bond acceptors (Lipinski definition) is 6. The lowest BCUT2D eigenvalue weighted by atomic mass is 9.95. The molecule has 1 atom stereocenters. The van der Waals surface area contributed by atoms with Crippen LogP contribution in [0.2, 0.25) is 0 Å². The minimum Gasteiger partial charge on any atom is -0.483 e. The van der Waals surface area contributed by atoms with Crippen molar-refractivity contribution in [3.05, 3.63) is 76.7 Å². The third kappa shape index (κ3) is 6.36. The van der Waals surface area contributed by atoms with Crippen molar-refractivity contribution >= 4 is 35.4 Å². The van der Waals surface area contributed by atoms with Crippen LogP contribution in [-0.2, 0) is 14.3 Å². The Bertz CT molecular complexity index is 1120. The van der Waals surface area contributed by atoms with Crippen molar-refractivity contribution in [2.45, 2.75) is 19.9 Å². The van der Waals surface area contributed by atoms with Crippen molar-refractivity contribution in [3.63, 3.8) is 0 Å². The number of esters is 1. The number of para-hydroxylation sites is 1. The minimum absolute atomic E-state index is 0.223. The van der Waals surface area contributed by atoms with Crippen LogP contribution in [0.3, 0.4) is 0 Å². The van der Waals surface area contributed by atoms with Gasteiger partial charge in [-0.1, -0.05) is 30.3 Å². The van der Waals surface area contributed by atoms with Gasteiger partial charge in [-0.3, -0.25) is 4.79 Å². The highest BCUT2D eigenvalue weighted by atomic mass is 32.1. The van der Waals surface area contributed by atoms with E-state index >= 15 is 0 Å². The molecule has 3 N–H and O–H groups in total. The van der Waals surface area contributed by atoms with E-state index < -0.39 is 23.7 Å². The van der Waals surface area contributed by atoms with Crippen LogP contribution in [0.5, 0.6) is 5.75 Å². The average Bonchev–Trinajstić information content (AvgIpc) is 2.77. The van der Waals surface area contributed by atoms with E-state index in [0.29, 0.717) is 33.3 Å². The van der Waals surface area contributed by atoms with Gasteiger partial charge in [-0.2, -0.15) is 5.10 Å². The highest BCUT2D eigenvalue weighted by molar-refractivity contribution is 7.80. The van der Waals surface area contributed by atoms with Gasteiger partial charge in [0, 0.05) is 11.3 Å². The molecule has 2 aromatic carbocycles. The Morgan fingerprint density at radius 2 is 2.03 bits per heavy atom. The summed E-state index contributed by atoms with van der Waals surface area (Å²) in [5.74, 6) is -1.01. The molecule has 1 amide bonds. The molecule has 1 aliphatic heterocycles. The Labute approximate surface area is 195 Å². The summed E-state index contributed by atoms with van der Waals surface area (Å²) < 4.78 is 24.1. The molecule has 1 aliphatic rings. The molecule has 1 heterocycles. The summed E-state index contributed by atoms with van der Waals surface area (Å²) in [6.07, 6.45) is 1.33. The standard InChI is InChI=1S/C23H23FN4O4S/c1-3-31-22(30)20-14(2)26-23(33)27-21(20)17-9-4-5-10-18(17)32-13-19(29)28-25-12-15-7-6-8-16(24)11-15/h4-12,21H,3,13H2,1-2H3,(H,28,29)(H2,26,27,33)/t21-/m1/s1. The van der Waals surface area contributed by atoms with Gasteiger partial charge in [0.2, 0.25) is 0 Å². The highest BCUT2D eigenvalue weighted by Crippen LogP contribution is 2.33.